The van der Waals surface area contributed by atoms with Crippen LogP contribution >= 0.6 is 11.8 Å². The molecule has 1 aliphatic rings. The predicted octanol–water partition coefficient (Wildman–Crippen LogP) is 2.24. The molecule has 0 saturated heterocycles. The van der Waals surface area contributed by atoms with E-state index in [0.29, 0.717) is 12.2 Å². The molecule has 0 fully saturated rings. The molecule has 1 amide bonds. The van der Waals surface area contributed by atoms with E-state index in [-0.39, 0.29) is 17.9 Å². The Hall–Kier alpha value is -1.82. The van der Waals surface area contributed by atoms with E-state index >= 15 is 0 Å². The highest BCUT2D eigenvalue weighted by molar-refractivity contribution is 7.99. The molecule has 106 valence electrons. The van der Waals surface area contributed by atoms with Crippen LogP contribution in [0.5, 0.6) is 0 Å². The fourth-order valence-electron chi connectivity index (χ4n) is 1.91. The predicted molar refractivity (Wildman–Crippen MR) is 75.9 cm³/mol. The summed E-state index contributed by atoms with van der Waals surface area (Å²) < 4.78 is 4.68. The summed E-state index contributed by atoms with van der Waals surface area (Å²) >= 11 is 1.64. The normalized spacial score (nSPS) is 13.6. The van der Waals surface area contributed by atoms with Gasteiger partial charge in [-0.15, -0.1) is 11.8 Å². The van der Waals surface area contributed by atoms with Crippen molar-refractivity contribution in [3.8, 4) is 0 Å². The first-order valence-corrected chi connectivity index (χ1v) is 7.31. The molecule has 2 rings (SSSR count). The number of nitrogens with zero attached hydrogens (tertiary/aromatic N) is 1. The Balaban J connectivity index is 2.30. The van der Waals surface area contributed by atoms with Crippen molar-refractivity contribution >= 4 is 35.3 Å². The number of ether oxygens (including phenoxy) is 1. The van der Waals surface area contributed by atoms with Gasteiger partial charge in [0.2, 0.25) is 5.91 Å². The molecule has 1 aromatic rings. The van der Waals surface area contributed by atoms with Crippen molar-refractivity contribution in [2.45, 2.75) is 25.2 Å². The summed E-state index contributed by atoms with van der Waals surface area (Å²) in [6, 6.07) is 5.00. The van der Waals surface area contributed by atoms with Gasteiger partial charge in [0.05, 0.1) is 11.3 Å². The van der Waals surface area contributed by atoms with Crippen LogP contribution in [0, 0.1) is 0 Å². The first kappa shape index (κ1) is 14.6. The van der Waals surface area contributed by atoms with E-state index in [1.54, 1.807) is 41.8 Å². The number of fused-ring (bicyclic) bond motifs is 1. The molecule has 6 heteroatoms. The number of carbonyl (C=O) groups is 3. The standard InChI is InChI=1S/C14H15NO4S/c1-3-13(17)19-14(18)10-4-5-12-11(8-10)15(9(2)16)6-7-20-12/h4-5,8H,3,6-7H2,1-2H3. The average Bonchev–Trinajstić information content (AvgIpc) is 2.45. The Bertz CT molecular complexity index is 570. The highest BCUT2D eigenvalue weighted by Gasteiger charge is 2.22. The molecule has 1 aromatic carbocycles. The number of hydrogen-bond donors (Lipinski definition) is 0. The number of benzene rings is 1. The fraction of sp³-hybridized carbons (Fsp3) is 0.357. The van der Waals surface area contributed by atoms with E-state index in [4.69, 9.17) is 0 Å². The number of thioether (sulfide) groups is 1. The second-order valence-electron chi connectivity index (χ2n) is 4.32. The monoisotopic (exact) mass is 293 g/mol. The largest absolute Gasteiger partial charge is 0.389 e. The van der Waals surface area contributed by atoms with E-state index in [2.05, 4.69) is 4.74 Å². The summed E-state index contributed by atoms with van der Waals surface area (Å²) in [5.41, 5.74) is 0.978. The molecule has 5 nitrogen and oxygen atoms in total. The molecule has 0 unspecified atom stereocenters. The van der Waals surface area contributed by atoms with Gasteiger partial charge in [0.1, 0.15) is 0 Å². The van der Waals surface area contributed by atoms with E-state index in [0.717, 1.165) is 10.6 Å². The number of esters is 2. The van der Waals surface area contributed by atoms with Gasteiger partial charge in [0, 0.05) is 30.5 Å². The van der Waals surface area contributed by atoms with Gasteiger partial charge in [-0.05, 0) is 18.2 Å². The van der Waals surface area contributed by atoms with Crippen molar-refractivity contribution in [2.24, 2.45) is 0 Å². The fourth-order valence-corrected chi connectivity index (χ4v) is 2.88. The van der Waals surface area contributed by atoms with Crippen molar-refractivity contribution in [2.75, 3.05) is 17.2 Å². The Kier molecular flexibility index (Phi) is 4.44. The Morgan fingerprint density at radius 1 is 1.35 bits per heavy atom. The zero-order chi connectivity index (χ0) is 14.7. The van der Waals surface area contributed by atoms with Crippen LogP contribution in [0.2, 0.25) is 0 Å². The third-order valence-electron chi connectivity index (χ3n) is 2.93. The molecule has 0 aromatic heterocycles. The smallest absolute Gasteiger partial charge is 0.345 e. The molecule has 0 N–H and O–H groups in total. The summed E-state index contributed by atoms with van der Waals surface area (Å²) in [7, 11) is 0. The Morgan fingerprint density at radius 3 is 2.75 bits per heavy atom. The first-order chi connectivity index (χ1) is 9.52. The van der Waals surface area contributed by atoms with Crippen LogP contribution < -0.4 is 4.90 Å². The van der Waals surface area contributed by atoms with Gasteiger partial charge in [-0.1, -0.05) is 6.92 Å². The maximum atomic E-state index is 11.8. The van der Waals surface area contributed by atoms with Crippen molar-refractivity contribution < 1.29 is 19.1 Å². The maximum absolute atomic E-state index is 11.8. The molecule has 0 bridgehead atoms. The third-order valence-corrected chi connectivity index (χ3v) is 3.98. The number of anilines is 1. The second kappa shape index (κ2) is 6.09. The topological polar surface area (TPSA) is 63.7 Å². The number of carbonyl (C=O) groups excluding carboxylic acids is 3. The minimum Gasteiger partial charge on any atom is -0.389 e. The minimum atomic E-state index is -0.682. The molecule has 0 atom stereocenters. The van der Waals surface area contributed by atoms with Crippen molar-refractivity contribution in [3.63, 3.8) is 0 Å². The Labute approximate surface area is 121 Å². The molecular formula is C14H15NO4S. The summed E-state index contributed by atoms with van der Waals surface area (Å²) in [5, 5.41) is 0. The van der Waals surface area contributed by atoms with Crippen LogP contribution in [0.3, 0.4) is 0 Å². The van der Waals surface area contributed by atoms with E-state index in [1.165, 1.54) is 6.92 Å². The highest BCUT2D eigenvalue weighted by Crippen LogP contribution is 2.35. The van der Waals surface area contributed by atoms with E-state index in [9.17, 15) is 14.4 Å². The van der Waals surface area contributed by atoms with Gasteiger partial charge in [-0.3, -0.25) is 9.59 Å². The minimum absolute atomic E-state index is 0.0679. The van der Waals surface area contributed by atoms with Gasteiger partial charge in [-0.2, -0.15) is 0 Å². The molecule has 0 radical (unpaired) electrons. The molecule has 1 aliphatic heterocycles. The van der Waals surface area contributed by atoms with Gasteiger partial charge in [-0.25, -0.2) is 4.79 Å². The van der Waals surface area contributed by atoms with E-state index < -0.39 is 11.9 Å². The summed E-state index contributed by atoms with van der Waals surface area (Å²) in [5.74, 6) is -0.490. The molecule has 1 heterocycles. The zero-order valence-electron chi connectivity index (χ0n) is 11.3. The van der Waals surface area contributed by atoms with Crippen LogP contribution in [-0.2, 0) is 14.3 Å². The van der Waals surface area contributed by atoms with Crippen molar-refractivity contribution in [3.05, 3.63) is 23.8 Å². The van der Waals surface area contributed by atoms with Crippen LogP contribution in [0.25, 0.3) is 0 Å². The molecule has 20 heavy (non-hydrogen) atoms. The van der Waals surface area contributed by atoms with Crippen LogP contribution in [0.15, 0.2) is 23.1 Å². The van der Waals surface area contributed by atoms with Crippen molar-refractivity contribution in [1.82, 2.24) is 0 Å². The second-order valence-corrected chi connectivity index (χ2v) is 5.45. The maximum Gasteiger partial charge on any atom is 0.345 e. The van der Waals surface area contributed by atoms with Crippen LogP contribution in [0.1, 0.15) is 30.6 Å². The number of rotatable bonds is 2. The van der Waals surface area contributed by atoms with Gasteiger partial charge in [0.25, 0.3) is 0 Å². The summed E-state index contributed by atoms with van der Waals surface area (Å²) in [4.78, 5) is 37.2. The number of hydrogen-bond acceptors (Lipinski definition) is 5. The van der Waals surface area contributed by atoms with Crippen LogP contribution in [0.4, 0.5) is 5.69 Å². The van der Waals surface area contributed by atoms with Gasteiger partial charge in [0.15, 0.2) is 0 Å². The summed E-state index contributed by atoms with van der Waals surface area (Å²) in [6.07, 6.45) is 0.145. The van der Waals surface area contributed by atoms with Crippen molar-refractivity contribution in [1.29, 1.82) is 0 Å². The molecule has 0 saturated carbocycles. The lowest BCUT2D eigenvalue weighted by molar-refractivity contribution is -0.137. The molecular weight excluding hydrogens is 278 g/mol. The van der Waals surface area contributed by atoms with Gasteiger partial charge < -0.3 is 9.64 Å². The quantitative estimate of drug-likeness (QED) is 0.618. The summed E-state index contributed by atoms with van der Waals surface area (Å²) in [6.45, 7) is 3.72. The average molecular weight is 293 g/mol. The molecule has 0 aliphatic carbocycles. The SMILES string of the molecule is CCC(=O)OC(=O)c1ccc2c(c1)N(C(C)=O)CCS2. The Morgan fingerprint density at radius 2 is 2.10 bits per heavy atom. The lowest BCUT2D eigenvalue weighted by atomic mass is 10.2. The first-order valence-electron chi connectivity index (χ1n) is 6.33. The number of amides is 1. The van der Waals surface area contributed by atoms with Gasteiger partial charge >= 0.3 is 11.9 Å². The highest BCUT2D eigenvalue weighted by atomic mass is 32.2. The third kappa shape index (κ3) is 3.01. The van der Waals surface area contributed by atoms with Crippen LogP contribution in [-0.4, -0.2) is 30.1 Å². The molecule has 0 spiro atoms. The lowest BCUT2D eigenvalue weighted by Crippen LogP contribution is -2.33. The zero-order valence-corrected chi connectivity index (χ0v) is 12.2. The van der Waals surface area contributed by atoms with E-state index in [1.807, 2.05) is 0 Å². The lowest BCUT2D eigenvalue weighted by Gasteiger charge is -2.28.